The lowest BCUT2D eigenvalue weighted by atomic mass is 10.2. The van der Waals surface area contributed by atoms with Crippen LogP contribution in [0.2, 0.25) is 5.04 Å². The number of ether oxygens (including phenoxy) is 1. The lowest BCUT2D eigenvalue weighted by Crippen LogP contribution is -2.66. The van der Waals surface area contributed by atoms with Crippen molar-refractivity contribution < 1.29 is 14.0 Å². The van der Waals surface area contributed by atoms with E-state index in [1.165, 1.54) is 10.4 Å². The van der Waals surface area contributed by atoms with Gasteiger partial charge in [0.2, 0.25) is 0 Å². The van der Waals surface area contributed by atoms with Gasteiger partial charge in [0.15, 0.2) is 0 Å². The average Bonchev–Trinajstić information content (AvgIpc) is 2.74. The molecule has 0 heterocycles. The third-order valence-corrected chi connectivity index (χ3v) is 10.1. The highest BCUT2D eigenvalue weighted by molar-refractivity contribution is 6.99. The number of aldehydes is 1. The van der Waals surface area contributed by atoms with Crippen LogP contribution in [0.5, 0.6) is 5.75 Å². The van der Waals surface area contributed by atoms with E-state index in [2.05, 4.69) is 69.3 Å². The van der Waals surface area contributed by atoms with Crippen LogP contribution in [0.15, 0.2) is 84.9 Å². The lowest BCUT2D eigenvalue weighted by molar-refractivity contribution is 0.112. The number of rotatable bonds is 8. The number of carbonyl (C=O) groups excluding carboxylic acids is 1. The standard InChI is InChI=1S/C25H28O3Si/c1-25(2,3)29(23-10-6-4-7-11-23,24-12-8-5-9-13-24)28-19-18-27-22-16-14-21(20-26)15-17-22/h4-17,20H,18-19H2,1-3H3. The summed E-state index contributed by atoms with van der Waals surface area (Å²) in [4.78, 5) is 10.8. The Bertz CT molecular complexity index is 861. The Morgan fingerprint density at radius 1 is 0.759 bits per heavy atom. The van der Waals surface area contributed by atoms with Crippen molar-refractivity contribution in [1.82, 2.24) is 0 Å². The second-order valence-corrected chi connectivity index (χ2v) is 12.4. The van der Waals surface area contributed by atoms with Gasteiger partial charge in [0.25, 0.3) is 8.32 Å². The van der Waals surface area contributed by atoms with E-state index in [1.54, 1.807) is 12.1 Å². The smallest absolute Gasteiger partial charge is 0.261 e. The monoisotopic (exact) mass is 404 g/mol. The number of hydrogen-bond donors (Lipinski definition) is 0. The van der Waals surface area contributed by atoms with Crippen LogP contribution in [-0.2, 0) is 4.43 Å². The van der Waals surface area contributed by atoms with E-state index in [1.807, 2.05) is 24.3 Å². The van der Waals surface area contributed by atoms with Crippen molar-refractivity contribution >= 4 is 25.0 Å². The van der Waals surface area contributed by atoms with Crippen molar-refractivity contribution in [3.63, 3.8) is 0 Å². The van der Waals surface area contributed by atoms with Crippen LogP contribution in [0.25, 0.3) is 0 Å². The topological polar surface area (TPSA) is 35.5 Å². The van der Waals surface area contributed by atoms with Crippen LogP contribution in [0.1, 0.15) is 31.1 Å². The fourth-order valence-electron chi connectivity index (χ4n) is 3.76. The molecular formula is C25H28O3Si. The van der Waals surface area contributed by atoms with E-state index in [0.717, 1.165) is 12.0 Å². The highest BCUT2D eigenvalue weighted by Crippen LogP contribution is 2.36. The Labute approximate surface area is 174 Å². The molecule has 0 saturated heterocycles. The van der Waals surface area contributed by atoms with Gasteiger partial charge in [0.05, 0.1) is 6.61 Å². The van der Waals surface area contributed by atoms with Crippen LogP contribution in [0.4, 0.5) is 0 Å². The maximum absolute atomic E-state index is 10.8. The molecule has 0 fully saturated rings. The number of benzene rings is 3. The summed E-state index contributed by atoms with van der Waals surface area (Å²) in [5.41, 5.74) is 0.640. The van der Waals surface area contributed by atoms with Crippen LogP contribution in [0.3, 0.4) is 0 Å². The summed E-state index contributed by atoms with van der Waals surface area (Å²) in [7, 11) is -2.53. The molecule has 3 aromatic carbocycles. The van der Waals surface area contributed by atoms with Gasteiger partial charge in [-0.25, -0.2) is 0 Å². The lowest BCUT2D eigenvalue weighted by Gasteiger charge is -2.43. The zero-order valence-electron chi connectivity index (χ0n) is 17.3. The fourth-order valence-corrected chi connectivity index (χ4v) is 8.30. The molecule has 0 saturated carbocycles. The van der Waals surface area contributed by atoms with Gasteiger partial charge in [0, 0.05) is 5.56 Å². The molecule has 0 aliphatic rings. The molecule has 0 spiro atoms. The van der Waals surface area contributed by atoms with E-state index in [4.69, 9.17) is 9.16 Å². The molecule has 150 valence electrons. The van der Waals surface area contributed by atoms with E-state index in [9.17, 15) is 4.79 Å². The first-order valence-corrected chi connectivity index (χ1v) is 11.8. The number of hydrogen-bond acceptors (Lipinski definition) is 3. The minimum Gasteiger partial charge on any atom is -0.491 e. The summed E-state index contributed by atoms with van der Waals surface area (Å²) in [5, 5.41) is 2.46. The maximum Gasteiger partial charge on any atom is 0.261 e. The normalized spacial score (nSPS) is 11.8. The molecule has 0 atom stereocenters. The van der Waals surface area contributed by atoms with Crippen LogP contribution >= 0.6 is 0 Å². The molecule has 29 heavy (non-hydrogen) atoms. The van der Waals surface area contributed by atoms with Crippen LogP contribution in [-0.4, -0.2) is 27.8 Å². The van der Waals surface area contributed by atoms with Gasteiger partial charge in [0.1, 0.15) is 18.6 Å². The molecule has 0 aromatic heterocycles. The fraction of sp³-hybridized carbons (Fsp3) is 0.240. The average molecular weight is 405 g/mol. The molecule has 4 heteroatoms. The molecule has 0 amide bonds. The van der Waals surface area contributed by atoms with Crippen molar-refractivity contribution in [2.75, 3.05) is 13.2 Å². The van der Waals surface area contributed by atoms with Gasteiger partial charge in [-0.1, -0.05) is 81.4 Å². The summed E-state index contributed by atoms with van der Waals surface area (Å²) in [5.74, 6) is 0.738. The molecular weight excluding hydrogens is 376 g/mol. The first kappa shape index (κ1) is 21.0. The van der Waals surface area contributed by atoms with Crippen molar-refractivity contribution in [3.05, 3.63) is 90.5 Å². The molecule has 3 aromatic rings. The second-order valence-electron chi connectivity index (χ2n) is 8.05. The minimum absolute atomic E-state index is 0.0543. The number of carbonyl (C=O) groups is 1. The van der Waals surface area contributed by atoms with Gasteiger partial charge in [-0.2, -0.15) is 0 Å². The molecule has 0 N–H and O–H groups in total. The Balaban J connectivity index is 1.84. The Morgan fingerprint density at radius 2 is 1.28 bits per heavy atom. The van der Waals surface area contributed by atoms with Gasteiger partial charge >= 0.3 is 0 Å². The zero-order valence-corrected chi connectivity index (χ0v) is 18.3. The van der Waals surface area contributed by atoms with E-state index in [-0.39, 0.29) is 5.04 Å². The van der Waals surface area contributed by atoms with E-state index >= 15 is 0 Å². The predicted molar refractivity (Wildman–Crippen MR) is 121 cm³/mol. The molecule has 3 nitrogen and oxygen atoms in total. The van der Waals surface area contributed by atoms with Crippen molar-refractivity contribution in [2.24, 2.45) is 0 Å². The van der Waals surface area contributed by atoms with Gasteiger partial charge in [-0.3, -0.25) is 4.79 Å². The SMILES string of the molecule is CC(C)(C)[Si](OCCOc1ccc(C=O)cc1)(c1ccccc1)c1ccccc1. The van der Waals surface area contributed by atoms with Gasteiger partial charge in [-0.05, 0) is 39.7 Å². The van der Waals surface area contributed by atoms with Crippen LogP contribution < -0.4 is 15.1 Å². The van der Waals surface area contributed by atoms with Gasteiger partial charge < -0.3 is 9.16 Å². The highest BCUT2D eigenvalue weighted by Gasteiger charge is 2.50. The largest absolute Gasteiger partial charge is 0.491 e. The Hall–Kier alpha value is -2.69. The first-order chi connectivity index (χ1) is 14.0. The second kappa shape index (κ2) is 9.20. The summed E-state index contributed by atoms with van der Waals surface area (Å²) >= 11 is 0. The molecule has 0 bridgehead atoms. The molecule has 0 unspecified atom stereocenters. The maximum atomic E-state index is 10.8. The molecule has 3 rings (SSSR count). The Kier molecular flexibility index (Phi) is 6.67. The summed E-state index contributed by atoms with van der Waals surface area (Å²) < 4.78 is 12.7. The van der Waals surface area contributed by atoms with E-state index < -0.39 is 8.32 Å². The Morgan fingerprint density at radius 3 is 1.72 bits per heavy atom. The van der Waals surface area contributed by atoms with Crippen molar-refractivity contribution in [1.29, 1.82) is 0 Å². The van der Waals surface area contributed by atoms with Crippen molar-refractivity contribution in [3.8, 4) is 5.75 Å². The van der Waals surface area contributed by atoms with Gasteiger partial charge in [-0.15, -0.1) is 0 Å². The molecule has 0 radical (unpaired) electrons. The highest BCUT2D eigenvalue weighted by atomic mass is 28.4. The minimum atomic E-state index is -2.53. The summed E-state index contributed by atoms with van der Waals surface area (Å²) in [6, 6.07) is 28.3. The summed E-state index contributed by atoms with van der Waals surface area (Å²) in [6.07, 6.45) is 0.829. The predicted octanol–water partition coefficient (Wildman–Crippen LogP) is 4.45. The van der Waals surface area contributed by atoms with Crippen molar-refractivity contribution in [2.45, 2.75) is 25.8 Å². The molecule has 0 aliphatic carbocycles. The zero-order chi connectivity index (χ0) is 20.7. The third kappa shape index (κ3) is 4.66. The first-order valence-electron chi connectivity index (χ1n) is 9.90. The van der Waals surface area contributed by atoms with E-state index in [0.29, 0.717) is 18.8 Å². The van der Waals surface area contributed by atoms with Crippen LogP contribution in [0, 0.1) is 0 Å². The quantitative estimate of drug-likeness (QED) is 0.316. The third-order valence-electron chi connectivity index (χ3n) is 5.10. The molecule has 0 aliphatic heterocycles. The summed E-state index contributed by atoms with van der Waals surface area (Å²) in [6.45, 7) is 7.72.